The second kappa shape index (κ2) is 8.52. The zero-order valence-corrected chi connectivity index (χ0v) is 16.5. The van der Waals surface area contributed by atoms with Crippen molar-refractivity contribution in [2.45, 2.75) is 32.2 Å². The molecule has 28 heavy (non-hydrogen) atoms. The number of fused-ring (bicyclic) bond motifs is 1. The summed E-state index contributed by atoms with van der Waals surface area (Å²) in [5, 5.41) is 4.09. The lowest BCUT2D eigenvalue weighted by Gasteiger charge is -2.16. The van der Waals surface area contributed by atoms with Crippen LogP contribution < -0.4 is 5.32 Å². The van der Waals surface area contributed by atoms with Gasteiger partial charge in [0.05, 0.1) is 15.2 Å². The van der Waals surface area contributed by atoms with Crippen molar-refractivity contribution in [2.75, 3.05) is 13.1 Å². The lowest BCUT2D eigenvalue weighted by Crippen LogP contribution is -2.26. The summed E-state index contributed by atoms with van der Waals surface area (Å²) in [4.78, 5) is 30.7. The van der Waals surface area contributed by atoms with Gasteiger partial charge in [-0.3, -0.25) is 9.59 Å². The molecule has 5 nitrogen and oxygen atoms in total. The van der Waals surface area contributed by atoms with Gasteiger partial charge >= 0.3 is 0 Å². The van der Waals surface area contributed by atoms with Crippen LogP contribution in [0.4, 0.5) is 0 Å². The molecule has 1 N–H and O–H groups in total. The summed E-state index contributed by atoms with van der Waals surface area (Å²) in [7, 11) is 0. The second-order valence-electron chi connectivity index (χ2n) is 7.05. The number of aryl methyl sites for hydroxylation is 1. The van der Waals surface area contributed by atoms with Crippen LogP contribution in [-0.4, -0.2) is 34.8 Å². The fourth-order valence-electron chi connectivity index (χ4n) is 3.47. The van der Waals surface area contributed by atoms with Crippen molar-refractivity contribution in [3.05, 3.63) is 64.7 Å². The van der Waals surface area contributed by atoms with Crippen LogP contribution in [0, 0.1) is 0 Å². The Balaban J connectivity index is 1.27. The summed E-state index contributed by atoms with van der Waals surface area (Å²) in [5.74, 6) is 0.128. The van der Waals surface area contributed by atoms with E-state index in [9.17, 15) is 9.59 Å². The first kappa shape index (κ1) is 18.6. The molecule has 2 heterocycles. The molecule has 2 amide bonds. The number of carbonyl (C=O) groups is 2. The van der Waals surface area contributed by atoms with Gasteiger partial charge in [-0.15, -0.1) is 11.3 Å². The Morgan fingerprint density at radius 3 is 2.89 bits per heavy atom. The topological polar surface area (TPSA) is 62.3 Å². The third kappa shape index (κ3) is 4.39. The Morgan fingerprint density at radius 1 is 1.18 bits per heavy atom. The van der Waals surface area contributed by atoms with Crippen LogP contribution >= 0.6 is 11.3 Å². The highest BCUT2D eigenvalue weighted by Gasteiger charge is 2.20. The van der Waals surface area contributed by atoms with Crippen molar-refractivity contribution in [3.8, 4) is 0 Å². The summed E-state index contributed by atoms with van der Waals surface area (Å²) in [6.07, 6.45) is 3.27. The normalized spacial score (nSPS) is 14.0. The van der Waals surface area contributed by atoms with Crippen LogP contribution in [-0.2, 0) is 17.8 Å². The van der Waals surface area contributed by atoms with Gasteiger partial charge in [-0.25, -0.2) is 4.98 Å². The molecule has 1 fully saturated rings. The maximum atomic E-state index is 12.4. The van der Waals surface area contributed by atoms with Gasteiger partial charge in [-0.1, -0.05) is 24.3 Å². The fourth-order valence-corrected chi connectivity index (χ4v) is 4.48. The third-order valence-corrected chi connectivity index (χ3v) is 6.02. The predicted octanol–water partition coefficient (Wildman–Crippen LogP) is 3.78. The molecule has 0 bridgehead atoms. The minimum absolute atomic E-state index is 0.0705. The molecular formula is C22H23N3O2S. The molecule has 1 saturated heterocycles. The number of thiazole rings is 1. The second-order valence-corrected chi connectivity index (χ2v) is 8.17. The lowest BCUT2D eigenvalue weighted by atomic mass is 10.1. The number of para-hydroxylation sites is 1. The van der Waals surface area contributed by atoms with Crippen molar-refractivity contribution in [1.29, 1.82) is 0 Å². The summed E-state index contributed by atoms with van der Waals surface area (Å²) >= 11 is 1.71. The van der Waals surface area contributed by atoms with Crippen LogP contribution in [0.15, 0.2) is 48.5 Å². The highest BCUT2D eigenvalue weighted by Crippen LogP contribution is 2.22. The maximum Gasteiger partial charge on any atom is 0.251 e. The minimum atomic E-state index is -0.0705. The molecule has 0 spiro atoms. The van der Waals surface area contributed by atoms with Gasteiger partial charge in [0.2, 0.25) is 5.91 Å². The van der Waals surface area contributed by atoms with Gasteiger partial charge in [-0.2, -0.15) is 0 Å². The van der Waals surface area contributed by atoms with Crippen molar-refractivity contribution in [3.63, 3.8) is 0 Å². The van der Waals surface area contributed by atoms with E-state index in [0.29, 0.717) is 25.1 Å². The first-order valence-electron chi connectivity index (χ1n) is 9.68. The number of carbonyl (C=O) groups excluding carboxylic acids is 2. The summed E-state index contributed by atoms with van der Waals surface area (Å²) in [6, 6.07) is 15.7. The molecule has 0 radical (unpaired) electrons. The van der Waals surface area contributed by atoms with Crippen LogP contribution in [0.5, 0.6) is 0 Å². The highest BCUT2D eigenvalue weighted by molar-refractivity contribution is 7.18. The monoisotopic (exact) mass is 393 g/mol. The van der Waals surface area contributed by atoms with E-state index in [1.165, 1.54) is 4.70 Å². The number of nitrogens with zero attached hydrogens (tertiary/aromatic N) is 2. The zero-order chi connectivity index (χ0) is 19.3. The molecule has 4 rings (SSSR count). The zero-order valence-electron chi connectivity index (χ0n) is 15.7. The quantitative estimate of drug-likeness (QED) is 0.622. The average Bonchev–Trinajstić information content (AvgIpc) is 3.31. The molecule has 144 valence electrons. The molecule has 0 atom stereocenters. The standard InChI is InChI=1S/C22H23N3O2S/c26-21-11-5-13-25(21)15-16-6-3-7-17(14-16)22(27)23-12-4-10-20-24-18-8-1-2-9-19(18)28-20/h1-3,6-9,14H,4-5,10-13,15H2,(H,23,27). The van der Waals surface area contributed by atoms with E-state index < -0.39 is 0 Å². The SMILES string of the molecule is O=C(NCCCc1nc2ccccc2s1)c1cccc(CN2CCCC2=O)c1. The number of benzene rings is 2. The molecule has 1 aromatic heterocycles. The van der Waals surface area contributed by atoms with Crippen molar-refractivity contribution in [1.82, 2.24) is 15.2 Å². The van der Waals surface area contributed by atoms with E-state index in [4.69, 9.17) is 0 Å². The maximum absolute atomic E-state index is 12.4. The molecule has 0 unspecified atom stereocenters. The fraction of sp³-hybridized carbons (Fsp3) is 0.318. The Bertz CT molecular complexity index is 965. The van der Waals surface area contributed by atoms with E-state index in [2.05, 4.69) is 16.4 Å². The first-order valence-corrected chi connectivity index (χ1v) is 10.5. The first-order chi connectivity index (χ1) is 13.7. The molecule has 3 aromatic rings. The van der Waals surface area contributed by atoms with Crippen LogP contribution in [0.3, 0.4) is 0 Å². The number of aromatic nitrogens is 1. The number of hydrogen-bond donors (Lipinski definition) is 1. The Hall–Kier alpha value is -2.73. The Labute approximate surface area is 168 Å². The largest absolute Gasteiger partial charge is 0.352 e. The number of nitrogens with one attached hydrogen (secondary N) is 1. The van der Waals surface area contributed by atoms with E-state index in [-0.39, 0.29) is 11.8 Å². The Kier molecular flexibility index (Phi) is 5.67. The molecule has 0 saturated carbocycles. The van der Waals surface area contributed by atoms with E-state index in [0.717, 1.165) is 41.9 Å². The molecule has 1 aliphatic heterocycles. The van der Waals surface area contributed by atoms with Crippen molar-refractivity contribution < 1.29 is 9.59 Å². The highest BCUT2D eigenvalue weighted by atomic mass is 32.1. The molecule has 6 heteroatoms. The van der Waals surface area contributed by atoms with Crippen molar-refractivity contribution >= 4 is 33.4 Å². The Morgan fingerprint density at radius 2 is 2.07 bits per heavy atom. The molecule has 0 aliphatic carbocycles. The van der Waals surface area contributed by atoms with Gasteiger partial charge in [0.25, 0.3) is 5.91 Å². The van der Waals surface area contributed by atoms with Gasteiger partial charge in [-0.05, 0) is 42.7 Å². The molecular weight excluding hydrogens is 370 g/mol. The third-order valence-electron chi connectivity index (χ3n) is 4.93. The van der Waals surface area contributed by atoms with E-state index in [1.54, 1.807) is 11.3 Å². The predicted molar refractivity (Wildman–Crippen MR) is 111 cm³/mol. The van der Waals surface area contributed by atoms with Gasteiger partial charge in [0.15, 0.2) is 0 Å². The summed E-state index contributed by atoms with van der Waals surface area (Å²) in [5.41, 5.74) is 2.68. The van der Waals surface area contributed by atoms with Gasteiger partial charge in [0, 0.05) is 38.0 Å². The average molecular weight is 394 g/mol. The number of rotatable bonds is 7. The van der Waals surface area contributed by atoms with Crippen molar-refractivity contribution in [2.24, 2.45) is 0 Å². The smallest absolute Gasteiger partial charge is 0.251 e. The van der Waals surface area contributed by atoms with Gasteiger partial charge < -0.3 is 10.2 Å². The van der Waals surface area contributed by atoms with Gasteiger partial charge in [0.1, 0.15) is 0 Å². The summed E-state index contributed by atoms with van der Waals surface area (Å²) in [6.45, 7) is 2.00. The van der Waals surface area contributed by atoms with Crippen LogP contribution in [0.1, 0.15) is 40.2 Å². The molecule has 2 aromatic carbocycles. The lowest BCUT2D eigenvalue weighted by molar-refractivity contribution is -0.128. The number of likely N-dealkylation sites (tertiary alicyclic amines) is 1. The number of hydrogen-bond acceptors (Lipinski definition) is 4. The minimum Gasteiger partial charge on any atom is -0.352 e. The number of amides is 2. The van der Waals surface area contributed by atoms with E-state index in [1.807, 2.05) is 47.4 Å². The summed E-state index contributed by atoms with van der Waals surface area (Å²) < 4.78 is 1.20. The van der Waals surface area contributed by atoms with E-state index >= 15 is 0 Å². The molecule has 1 aliphatic rings. The van der Waals surface area contributed by atoms with Crippen LogP contribution in [0.25, 0.3) is 10.2 Å². The van der Waals surface area contributed by atoms with Crippen LogP contribution in [0.2, 0.25) is 0 Å².